The minimum absolute atomic E-state index is 0.825. The van der Waals surface area contributed by atoms with Crippen molar-refractivity contribution in [3.8, 4) is 0 Å². The summed E-state index contributed by atoms with van der Waals surface area (Å²) in [6.45, 7) is 1.84. The van der Waals surface area contributed by atoms with Crippen LogP contribution in [0.15, 0.2) is 36.2 Å². The minimum atomic E-state index is 0.825. The molecule has 2 heterocycles. The molecular formula is C14H16N2O. The Labute approximate surface area is 100 Å². The van der Waals surface area contributed by atoms with Gasteiger partial charge in [-0.15, -0.1) is 0 Å². The third-order valence-electron chi connectivity index (χ3n) is 3.33. The highest BCUT2D eigenvalue weighted by Crippen LogP contribution is 2.30. The maximum absolute atomic E-state index is 5.48. The zero-order chi connectivity index (χ0) is 11.7. The van der Waals surface area contributed by atoms with Gasteiger partial charge in [0.05, 0.1) is 13.7 Å². The molecular weight excluding hydrogens is 212 g/mol. The molecule has 0 saturated carbocycles. The van der Waals surface area contributed by atoms with E-state index in [9.17, 15) is 0 Å². The van der Waals surface area contributed by atoms with Crippen molar-refractivity contribution in [1.82, 2.24) is 10.3 Å². The van der Waals surface area contributed by atoms with Gasteiger partial charge in [0.15, 0.2) is 0 Å². The Morgan fingerprint density at radius 3 is 3.00 bits per heavy atom. The molecule has 3 nitrogen and oxygen atoms in total. The van der Waals surface area contributed by atoms with E-state index in [4.69, 9.17) is 4.74 Å². The summed E-state index contributed by atoms with van der Waals surface area (Å²) in [4.78, 5) is 3.32. The van der Waals surface area contributed by atoms with Crippen molar-refractivity contribution in [2.45, 2.75) is 6.42 Å². The van der Waals surface area contributed by atoms with Crippen molar-refractivity contribution in [2.24, 2.45) is 0 Å². The Morgan fingerprint density at radius 1 is 1.24 bits per heavy atom. The second-order valence-corrected chi connectivity index (χ2v) is 4.28. The number of methoxy groups -OCH3 is 1. The lowest BCUT2D eigenvalue weighted by atomic mass is 9.98. The lowest BCUT2D eigenvalue weighted by molar-refractivity contribution is 0.276. The van der Waals surface area contributed by atoms with E-state index >= 15 is 0 Å². The van der Waals surface area contributed by atoms with Gasteiger partial charge >= 0.3 is 0 Å². The molecule has 3 rings (SSSR count). The first-order valence-corrected chi connectivity index (χ1v) is 5.93. The van der Waals surface area contributed by atoms with Crippen LogP contribution in [0.2, 0.25) is 0 Å². The number of ether oxygens (including phenoxy) is 1. The Bertz CT molecular complexity index is 568. The molecule has 0 spiro atoms. The third kappa shape index (κ3) is 1.72. The SMILES string of the molecule is COC1=C(c2c[nH]c3ccccc23)CCNC1. The normalized spacial score (nSPS) is 16.5. The quantitative estimate of drug-likeness (QED) is 0.828. The highest BCUT2D eigenvalue weighted by Gasteiger charge is 2.17. The van der Waals surface area contributed by atoms with Gasteiger partial charge in [-0.25, -0.2) is 0 Å². The summed E-state index contributed by atoms with van der Waals surface area (Å²) in [5, 5.41) is 4.61. The van der Waals surface area contributed by atoms with Crippen LogP contribution >= 0.6 is 0 Å². The summed E-state index contributed by atoms with van der Waals surface area (Å²) in [5.41, 5.74) is 3.78. The summed E-state index contributed by atoms with van der Waals surface area (Å²) in [6, 6.07) is 8.39. The zero-order valence-electron chi connectivity index (χ0n) is 9.92. The van der Waals surface area contributed by atoms with Gasteiger partial charge in [0, 0.05) is 28.2 Å². The Morgan fingerprint density at radius 2 is 2.12 bits per heavy atom. The molecule has 3 heteroatoms. The number of rotatable bonds is 2. The van der Waals surface area contributed by atoms with Crippen molar-refractivity contribution < 1.29 is 4.74 Å². The first-order chi connectivity index (χ1) is 8.40. The number of para-hydroxylation sites is 1. The fraction of sp³-hybridized carbons (Fsp3) is 0.286. The predicted octanol–water partition coefficient (Wildman–Crippen LogP) is 2.52. The molecule has 1 aromatic heterocycles. The van der Waals surface area contributed by atoms with E-state index in [-0.39, 0.29) is 0 Å². The molecule has 0 fully saturated rings. The highest BCUT2D eigenvalue weighted by atomic mass is 16.5. The smallest absolute Gasteiger partial charge is 0.113 e. The van der Waals surface area contributed by atoms with E-state index in [1.54, 1.807) is 7.11 Å². The molecule has 0 aliphatic carbocycles. The molecule has 1 aromatic carbocycles. The average Bonchev–Trinajstić information content (AvgIpc) is 2.82. The number of aromatic nitrogens is 1. The van der Waals surface area contributed by atoms with Crippen LogP contribution < -0.4 is 5.32 Å². The zero-order valence-corrected chi connectivity index (χ0v) is 9.92. The topological polar surface area (TPSA) is 37.0 Å². The van der Waals surface area contributed by atoms with Gasteiger partial charge in [0.2, 0.25) is 0 Å². The summed E-state index contributed by atoms with van der Waals surface area (Å²) in [7, 11) is 1.75. The van der Waals surface area contributed by atoms with Crippen molar-refractivity contribution in [3.63, 3.8) is 0 Å². The van der Waals surface area contributed by atoms with Crippen molar-refractivity contribution in [3.05, 3.63) is 41.8 Å². The van der Waals surface area contributed by atoms with Gasteiger partial charge in [0.25, 0.3) is 0 Å². The fourth-order valence-electron chi connectivity index (χ4n) is 2.46. The maximum Gasteiger partial charge on any atom is 0.113 e. The van der Waals surface area contributed by atoms with Crippen LogP contribution in [0, 0.1) is 0 Å². The Balaban J connectivity index is 2.17. The molecule has 1 aliphatic heterocycles. The first kappa shape index (κ1) is 10.4. The second kappa shape index (κ2) is 4.26. The van der Waals surface area contributed by atoms with Gasteiger partial charge < -0.3 is 15.0 Å². The van der Waals surface area contributed by atoms with E-state index in [1.807, 2.05) is 0 Å². The van der Waals surface area contributed by atoms with Crippen LogP contribution in [0.25, 0.3) is 16.5 Å². The number of benzene rings is 1. The first-order valence-electron chi connectivity index (χ1n) is 5.93. The van der Waals surface area contributed by atoms with Crippen molar-refractivity contribution in [2.75, 3.05) is 20.2 Å². The van der Waals surface area contributed by atoms with Gasteiger partial charge in [-0.1, -0.05) is 18.2 Å². The average molecular weight is 228 g/mol. The number of hydrogen-bond acceptors (Lipinski definition) is 2. The molecule has 0 atom stereocenters. The largest absolute Gasteiger partial charge is 0.499 e. The summed E-state index contributed by atoms with van der Waals surface area (Å²) < 4.78 is 5.48. The molecule has 0 amide bonds. The molecule has 2 N–H and O–H groups in total. The van der Waals surface area contributed by atoms with Crippen LogP contribution in [0.1, 0.15) is 12.0 Å². The molecule has 1 aliphatic rings. The Hall–Kier alpha value is -1.74. The standard InChI is InChI=1S/C14H16N2O/c1-17-14-9-15-7-6-11(14)12-8-16-13-5-3-2-4-10(12)13/h2-5,8,15-16H,6-7,9H2,1H3. The van der Waals surface area contributed by atoms with E-state index in [0.717, 1.165) is 25.3 Å². The number of nitrogens with one attached hydrogen (secondary N) is 2. The number of fused-ring (bicyclic) bond motifs is 1. The molecule has 0 bridgehead atoms. The lowest BCUT2D eigenvalue weighted by Crippen LogP contribution is -2.25. The van der Waals surface area contributed by atoms with Gasteiger partial charge in [-0.2, -0.15) is 0 Å². The molecule has 2 aromatic rings. The highest BCUT2D eigenvalue weighted by molar-refractivity contribution is 5.93. The summed E-state index contributed by atoms with van der Waals surface area (Å²) in [5.74, 6) is 1.06. The lowest BCUT2D eigenvalue weighted by Gasteiger charge is -2.20. The maximum atomic E-state index is 5.48. The van der Waals surface area contributed by atoms with E-state index in [2.05, 4.69) is 40.8 Å². The third-order valence-corrected chi connectivity index (χ3v) is 3.33. The van der Waals surface area contributed by atoms with Crippen LogP contribution in [-0.2, 0) is 4.74 Å². The number of hydrogen-bond donors (Lipinski definition) is 2. The second-order valence-electron chi connectivity index (χ2n) is 4.28. The molecule has 0 saturated heterocycles. The molecule has 0 unspecified atom stereocenters. The van der Waals surface area contributed by atoms with Crippen molar-refractivity contribution in [1.29, 1.82) is 0 Å². The van der Waals surface area contributed by atoms with Crippen LogP contribution in [0.3, 0.4) is 0 Å². The van der Waals surface area contributed by atoms with Gasteiger partial charge in [-0.05, 0) is 19.0 Å². The van der Waals surface area contributed by atoms with E-state index in [0.29, 0.717) is 0 Å². The summed E-state index contributed by atoms with van der Waals surface area (Å²) in [6.07, 6.45) is 3.11. The van der Waals surface area contributed by atoms with E-state index in [1.165, 1.54) is 22.0 Å². The van der Waals surface area contributed by atoms with Crippen molar-refractivity contribution >= 4 is 16.5 Å². The number of aromatic amines is 1. The van der Waals surface area contributed by atoms with E-state index < -0.39 is 0 Å². The van der Waals surface area contributed by atoms with Gasteiger partial charge in [0.1, 0.15) is 5.76 Å². The van der Waals surface area contributed by atoms with Crippen LogP contribution in [-0.4, -0.2) is 25.2 Å². The number of H-pyrrole nitrogens is 1. The van der Waals surface area contributed by atoms with Gasteiger partial charge in [-0.3, -0.25) is 0 Å². The molecule has 17 heavy (non-hydrogen) atoms. The predicted molar refractivity (Wildman–Crippen MR) is 69.7 cm³/mol. The molecule has 88 valence electrons. The fourth-order valence-corrected chi connectivity index (χ4v) is 2.46. The minimum Gasteiger partial charge on any atom is -0.499 e. The molecule has 0 radical (unpaired) electrons. The van der Waals surface area contributed by atoms with Crippen LogP contribution in [0.4, 0.5) is 0 Å². The van der Waals surface area contributed by atoms with Crippen LogP contribution in [0.5, 0.6) is 0 Å². The monoisotopic (exact) mass is 228 g/mol. The Kier molecular flexibility index (Phi) is 2.61. The summed E-state index contributed by atoms with van der Waals surface area (Å²) >= 11 is 0.